The number of hydrogen-bond donors (Lipinski definition) is 4. The van der Waals surface area contributed by atoms with Gasteiger partial charge in [0.15, 0.2) is 0 Å². The van der Waals surface area contributed by atoms with E-state index in [1.807, 2.05) is 24.3 Å². The van der Waals surface area contributed by atoms with Crippen molar-refractivity contribution in [2.45, 2.75) is 38.4 Å². The Kier molecular flexibility index (Phi) is 7.17. The van der Waals surface area contributed by atoms with Gasteiger partial charge in [0.2, 0.25) is 11.9 Å². The van der Waals surface area contributed by atoms with Crippen molar-refractivity contribution in [2.75, 3.05) is 30.3 Å². The lowest BCUT2D eigenvalue weighted by Crippen LogP contribution is -2.31. The van der Waals surface area contributed by atoms with Crippen LogP contribution in [0, 0.1) is 12.8 Å². The van der Waals surface area contributed by atoms with Crippen LogP contribution in [0.5, 0.6) is 0 Å². The van der Waals surface area contributed by atoms with Gasteiger partial charge in [-0.3, -0.25) is 4.79 Å². The van der Waals surface area contributed by atoms with Crippen LogP contribution in [0.4, 0.5) is 24.9 Å². The molecule has 0 saturated heterocycles. The molecule has 34 heavy (non-hydrogen) atoms. The third-order valence-electron chi connectivity index (χ3n) is 5.66. The topological polar surface area (TPSA) is 112 Å². The fourth-order valence-corrected chi connectivity index (χ4v) is 5.13. The Morgan fingerprint density at radius 2 is 2.00 bits per heavy atom. The van der Waals surface area contributed by atoms with E-state index < -0.39 is 25.2 Å². The molecule has 1 amide bonds. The monoisotopic (exact) mass is 494 g/mol. The maximum atomic E-state index is 12.7. The molecule has 2 atom stereocenters. The molecule has 0 radical (unpaired) electrons. The average Bonchev–Trinajstić information content (AvgIpc) is 3.41. The smallest absolute Gasteiger partial charge is 0.387 e. The Labute approximate surface area is 198 Å². The van der Waals surface area contributed by atoms with Crippen molar-refractivity contribution >= 4 is 39.2 Å². The van der Waals surface area contributed by atoms with Gasteiger partial charge in [-0.25, -0.2) is 9.97 Å². The SMILES string of the molecule is Cc1nc(NCC(F)(F)F)nc(N[C@H]2CC[C@@H](CNC(=O)CO)C2)c1-c1nc2ccccc2s1. The molecule has 0 bridgehead atoms. The van der Waals surface area contributed by atoms with Gasteiger partial charge in [-0.2, -0.15) is 18.2 Å². The van der Waals surface area contributed by atoms with Crippen molar-refractivity contribution in [3.8, 4) is 10.6 Å². The summed E-state index contributed by atoms with van der Waals surface area (Å²) in [6.45, 7) is 0.411. The zero-order chi connectivity index (χ0) is 24.3. The molecule has 182 valence electrons. The molecule has 12 heteroatoms. The van der Waals surface area contributed by atoms with Crippen LogP contribution in [0.25, 0.3) is 20.8 Å². The minimum atomic E-state index is -4.39. The third-order valence-corrected chi connectivity index (χ3v) is 6.71. The molecule has 1 aromatic carbocycles. The average molecular weight is 495 g/mol. The molecule has 1 aliphatic rings. The molecule has 1 aliphatic carbocycles. The molecule has 0 spiro atoms. The Morgan fingerprint density at radius 1 is 1.21 bits per heavy atom. The largest absolute Gasteiger partial charge is 0.405 e. The highest BCUT2D eigenvalue weighted by atomic mass is 32.1. The van der Waals surface area contributed by atoms with Crippen molar-refractivity contribution in [3.63, 3.8) is 0 Å². The standard InChI is InChI=1S/C22H25F3N6O2S/c1-12-18(20-30-15-4-2-3-5-16(15)34-20)19(31-21(28-12)27-11-22(23,24)25)29-14-7-6-13(8-14)9-26-17(33)10-32/h2-5,13-14,32H,6-11H2,1H3,(H,26,33)(H2,27,28,29,31)/t13-,14+/m1/s1. The van der Waals surface area contributed by atoms with E-state index in [0.717, 1.165) is 29.5 Å². The van der Waals surface area contributed by atoms with Gasteiger partial charge in [0.05, 0.1) is 21.5 Å². The molecule has 1 fully saturated rings. The van der Waals surface area contributed by atoms with Crippen LogP contribution in [-0.2, 0) is 4.79 Å². The Hall–Kier alpha value is -2.99. The zero-order valence-electron chi connectivity index (χ0n) is 18.4. The van der Waals surface area contributed by atoms with E-state index in [4.69, 9.17) is 10.1 Å². The van der Waals surface area contributed by atoms with Gasteiger partial charge in [0.25, 0.3) is 0 Å². The van der Waals surface area contributed by atoms with E-state index in [0.29, 0.717) is 28.6 Å². The summed E-state index contributed by atoms with van der Waals surface area (Å²) in [7, 11) is 0. The van der Waals surface area contributed by atoms with E-state index in [9.17, 15) is 18.0 Å². The highest BCUT2D eigenvalue weighted by molar-refractivity contribution is 7.21. The van der Waals surface area contributed by atoms with Crippen molar-refractivity contribution in [3.05, 3.63) is 30.0 Å². The maximum absolute atomic E-state index is 12.7. The van der Waals surface area contributed by atoms with Crippen molar-refractivity contribution < 1.29 is 23.1 Å². The molecule has 0 unspecified atom stereocenters. The molecule has 2 aromatic heterocycles. The minimum Gasteiger partial charge on any atom is -0.387 e. The number of thiazole rings is 1. The van der Waals surface area contributed by atoms with Gasteiger partial charge in [-0.1, -0.05) is 12.1 Å². The van der Waals surface area contributed by atoms with Crippen molar-refractivity contribution in [1.29, 1.82) is 0 Å². The normalized spacial score (nSPS) is 18.3. The number of halogens is 3. The summed E-state index contributed by atoms with van der Waals surface area (Å²) < 4.78 is 39.2. The number of aryl methyl sites for hydroxylation is 1. The number of rotatable bonds is 8. The fraction of sp³-hybridized carbons (Fsp3) is 0.455. The second-order valence-corrected chi connectivity index (χ2v) is 9.32. The third kappa shape index (κ3) is 5.92. The van der Waals surface area contributed by atoms with E-state index in [2.05, 4.69) is 25.9 Å². The number of carbonyl (C=O) groups is 1. The summed E-state index contributed by atoms with van der Waals surface area (Å²) in [6.07, 6.45) is -1.97. The summed E-state index contributed by atoms with van der Waals surface area (Å²) in [5.41, 5.74) is 2.01. The number of hydrogen-bond acceptors (Lipinski definition) is 8. The number of para-hydroxylation sites is 1. The number of anilines is 2. The number of aromatic nitrogens is 3. The number of benzene rings is 1. The van der Waals surface area contributed by atoms with Crippen LogP contribution >= 0.6 is 11.3 Å². The summed E-state index contributed by atoms with van der Waals surface area (Å²) in [5, 5.41) is 17.9. The first kappa shape index (κ1) is 24.1. The van der Waals surface area contributed by atoms with E-state index >= 15 is 0 Å². The number of nitrogens with one attached hydrogen (secondary N) is 3. The number of fused-ring (bicyclic) bond motifs is 1. The second-order valence-electron chi connectivity index (χ2n) is 8.29. The highest BCUT2D eigenvalue weighted by Crippen LogP contribution is 2.38. The number of aliphatic hydroxyl groups excluding tert-OH is 1. The zero-order valence-corrected chi connectivity index (χ0v) is 19.3. The van der Waals surface area contributed by atoms with Crippen LogP contribution in [0.15, 0.2) is 24.3 Å². The molecule has 4 N–H and O–H groups in total. The first-order valence-corrected chi connectivity index (χ1v) is 11.7. The lowest BCUT2D eigenvalue weighted by molar-refractivity contribution is -0.124. The number of amides is 1. The summed E-state index contributed by atoms with van der Waals surface area (Å²) >= 11 is 1.47. The number of alkyl halides is 3. The van der Waals surface area contributed by atoms with Gasteiger partial charge in [-0.05, 0) is 44.2 Å². The van der Waals surface area contributed by atoms with Crippen LogP contribution in [0.2, 0.25) is 0 Å². The lowest BCUT2D eigenvalue weighted by atomic mass is 10.1. The van der Waals surface area contributed by atoms with Gasteiger partial charge in [-0.15, -0.1) is 11.3 Å². The maximum Gasteiger partial charge on any atom is 0.405 e. The van der Waals surface area contributed by atoms with Gasteiger partial charge in [0, 0.05) is 12.6 Å². The van der Waals surface area contributed by atoms with Crippen LogP contribution in [0.1, 0.15) is 25.0 Å². The molecule has 0 aliphatic heterocycles. The van der Waals surface area contributed by atoms with E-state index in [1.165, 1.54) is 11.3 Å². The quantitative estimate of drug-likeness (QED) is 0.378. The Morgan fingerprint density at radius 3 is 2.74 bits per heavy atom. The molecule has 4 rings (SSSR count). The van der Waals surface area contributed by atoms with E-state index in [1.54, 1.807) is 6.92 Å². The number of nitrogens with zero attached hydrogens (tertiary/aromatic N) is 3. The molecule has 2 heterocycles. The Bertz CT molecular complexity index is 1140. The van der Waals surface area contributed by atoms with E-state index in [-0.39, 0.29) is 17.9 Å². The number of aliphatic hydroxyl groups is 1. The van der Waals surface area contributed by atoms with Gasteiger partial charge in [0.1, 0.15) is 24.0 Å². The predicted molar refractivity (Wildman–Crippen MR) is 125 cm³/mol. The van der Waals surface area contributed by atoms with Crippen molar-refractivity contribution in [1.82, 2.24) is 20.3 Å². The summed E-state index contributed by atoms with van der Waals surface area (Å²) in [5.74, 6) is 0.138. The van der Waals surface area contributed by atoms with Gasteiger partial charge < -0.3 is 21.1 Å². The lowest BCUT2D eigenvalue weighted by Gasteiger charge is -2.19. The van der Waals surface area contributed by atoms with Gasteiger partial charge >= 0.3 is 6.18 Å². The Balaban J connectivity index is 1.60. The van der Waals surface area contributed by atoms with Crippen LogP contribution in [0.3, 0.4) is 0 Å². The summed E-state index contributed by atoms with van der Waals surface area (Å²) in [4.78, 5) is 24.7. The molecule has 3 aromatic rings. The van der Waals surface area contributed by atoms with Crippen LogP contribution < -0.4 is 16.0 Å². The van der Waals surface area contributed by atoms with Crippen LogP contribution in [-0.4, -0.2) is 57.9 Å². The minimum absolute atomic E-state index is 0.0222. The van der Waals surface area contributed by atoms with Crippen molar-refractivity contribution in [2.24, 2.45) is 5.92 Å². The second kappa shape index (κ2) is 10.1. The summed E-state index contributed by atoms with van der Waals surface area (Å²) in [6, 6.07) is 7.70. The predicted octanol–water partition coefficient (Wildman–Crippen LogP) is 3.73. The first-order chi connectivity index (χ1) is 16.2. The molecular formula is C22H25F3N6O2S. The fourth-order valence-electron chi connectivity index (χ4n) is 4.07. The number of carbonyl (C=O) groups excluding carboxylic acids is 1. The highest BCUT2D eigenvalue weighted by Gasteiger charge is 2.29. The first-order valence-electron chi connectivity index (χ1n) is 10.9. The molecular weight excluding hydrogens is 469 g/mol. The molecule has 1 saturated carbocycles. The molecule has 8 nitrogen and oxygen atoms in total.